The van der Waals surface area contributed by atoms with E-state index in [9.17, 15) is 19.5 Å². The second-order valence-corrected chi connectivity index (χ2v) is 6.47. The standard InChI is InChI=1S/C18H24N2O5/c1-20(17(22)13-9-5-6-10-14(13)18(23)24)15(16(21)19-25)11-12-7-3-2-4-8-12/h2-4,7-8,13-15,25H,5-6,9-11H2,1H3,(H,19,21)(H,23,24). The van der Waals surface area contributed by atoms with Crippen molar-refractivity contribution < 1.29 is 24.7 Å². The topological polar surface area (TPSA) is 107 Å². The fourth-order valence-electron chi connectivity index (χ4n) is 3.45. The predicted octanol–water partition coefficient (Wildman–Crippen LogP) is 1.45. The van der Waals surface area contributed by atoms with Gasteiger partial charge >= 0.3 is 5.97 Å². The number of carbonyl (C=O) groups is 3. The summed E-state index contributed by atoms with van der Waals surface area (Å²) in [4.78, 5) is 37.7. The van der Waals surface area contributed by atoms with E-state index < -0.39 is 29.8 Å². The van der Waals surface area contributed by atoms with Crippen LogP contribution < -0.4 is 5.48 Å². The molecule has 25 heavy (non-hydrogen) atoms. The van der Waals surface area contributed by atoms with Gasteiger partial charge in [-0.1, -0.05) is 43.2 Å². The van der Waals surface area contributed by atoms with Crippen molar-refractivity contribution in [1.82, 2.24) is 10.4 Å². The summed E-state index contributed by atoms with van der Waals surface area (Å²) in [5, 5.41) is 18.4. The van der Waals surface area contributed by atoms with Gasteiger partial charge in [0.05, 0.1) is 11.8 Å². The predicted molar refractivity (Wildman–Crippen MR) is 89.7 cm³/mol. The molecule has 0 bridgehead atoms. The van der Waals surface area contributed by atoms with Crippen molar-refractivity contribution in [3.8, 4) is 0 Å². The molecule has 1 aromatic rings. The Morgan fingerprint density at radius 1 is 1.16 bits per heavy atom. The highest BCUT2D eigenvalue weighted by Gasteiger charge is 2.39. The molecule has 0 radical (unpaired) electrons. The van der Waals surface area contributed by atoms with E-state index in [-0.39, 0.29) is 12.3 Å². The molecule has 1 aliphatic rings. The number of hydrogen-bond acceptors (Lipinski definition) is 4. The molecule has 7 nitrogen and oxygen atoms in total. The smallest absolute Gasteiger partial charge is 0.307 e. The zero-order chi connectivity index (χ0) is 18.4. The van der Waals surface area contributed by atoms with Gasteiger partial charge < -0.3 is 10.0 Å². The van der Waals surface area contributed by atoms with Gasteiger partial charge in [-0.2, -0.15) is 0 Å². The van der Waals surface area contributed by atoms with Crippen molar-refractivity contribution in [1.29, 1.82) is 0 Å². The lowest BCUT2D eigenvalue weighted by atomic mass is 9.78. The minimum atomic E-state index is -0.974. The Morgan fingerprint density at radius 2 is 1.76 bits per heavy atom. The molecule has 1 aliphatic carbocycles. The van der Waals surface area contributed by atoms with Crippen LogP contribution in [0.5, 0.6) is 0 Å². The Balaban J connectivity index is 2.19. The number of likely N-dealkylation sites (N-methyl/N-ethyl adjacent to an activating group) is 1. The maximum atomic E-state index is 12.9. The zero-order valence-corrected chi connectivity index (χ0v) is 14.2. The van der Waals surface area contributed by atoms with Crippen LogP contribution in [-0.2, 0) is 20.8 Å². The number of carboxylic acids is 1. The second kappa shape index (κ2) is 8.62. The third-order valence-corrected chi connectivity index (χ3v) is 4.90. The monoisotopic (exact) mass is 348 g/mol. The molecule has 2 rings (SSSR count). The first-order valence-electron chi connectivity index (χ1n) is 8.43. The molecule has 0 spiro atoms. The number of amides is 2. The minimum Gasteiger partial charge on any atom is -0.481 e. The summed E-state index contributed by atoms with van der Waals surface area (Å²) in [6.07, 6.45) is 2.78. The van der Waals surface area contributed by atoms with Crippen molar-refractivity contribution >= 4 is 17.8 Å². The quantitative estimate of drug-likeness (QED) is 0.533. The van der Waals surface area contributed by atoms with Crippen LogP contribution in [0.2, 0.25) is 0 Å². The number of hydroxylamine groups is 1. The van der Waals surface area contributed by atoms with E-state index >= 15 is 0 Å². The molecular weight excluding hydrogens is 324 g/mol. The van der Waals surface area contributed by atoms with Gasteiger partial charge in [0.2, 0.25) is 5.91 Å². The third-order valence-electron chi connectivity index (χ3n) is 4.90. The summed E-state index contributed by atoms with van der Waals surface area (Å²) < 4.78 is 0. The second-order valence-electron chi connectivity index (χ2n) is 6.47. The Labute approximate surface area is 146 Å². The summed E-state index contributed by atoms with van der Waals surface area (Å²) in [5.41, 5.74) is 2.45. The molecule has 3 unspecified atom stereocenters. The third kappa shape index (κ3) is 4.57. The normalized spacial score (nSPS) is 21.2. The van der Waals surface area contributed by atoms with Gasteiger partial charge in [0.25, 0.3) is 5.91 Å². The molecule has 2 amide bonds. The van der Waals surface area contributed by atoms with Gasteiger partial charge in [-0.05, 0) is 18.4 Å². The first kappa shape index (κ1) is 18.9. The van der Waals surface area contributed by atoms with Crippen LogP contribution in [0.25, 0.3) is 0 Å². The molecule has 1 saturated carbocycles. The lowest BCUT2D eigenvalue weighted by molar-refractivity contribution is -0.154. The van der Waals surface area contributed by atoms with Crippen molar-refractivity contribution in [2.45, 2.75) is 38.1 Å². The van der Waals surface area contributed by atoms with E-state index in [0.717, 1.165) is 18.4 Å². The zero-order valence-electron chi connectivity index (χ0n) is 14.2. The number of carboxylic acid groups (broad SMARTS) is 1. The Hall–Kier alpha value is -2.41. The number of carbonyl (C=O) groups excluding carboxylic acids is 2. The largest absolute Gasteiger partial charge is 0.481 e. The maximum absolute atomic E-state index is 12.9. The number of aliphatic carboxylic acids is 1. The number of rotatable bonds is 6. The molecule has 3 N–H and O–H groups in total. The average Bonchev–Trinajstić information content (AvgIpc) is 2.65. The summed E-state index contributed by atoms with van der Waals surface area (Å²) >= 11 is 0. The van der Waals surface area contributed by atoms with Gasteiger partial charge in [0, 0.05) is 13.5 Å². The highest BCUT2D eigenvalue weighted by atomic mass is 16.5. The van der Waals surface area contributed by atoms with E-state index in [1.165, 1.54) is 11.9 Å². The fraction of sp³-hybridized carbons (Fsp3) is 0.500. The maximum Gasteiger partial charge on any atom is 0.307 e. The molecular formula is C18H24N2O5. The lowest BCUT2D eigenvalue weighted by Gasteiger charge is -2.34. The Kier molecular flexibility index (Phi) is 6.52. The molecule has 3 atom stereocenters. The molecule has 0 saturated heterocycles. The molecule has 0 aromatic heterocycles. The molecule has 7 heteroatoms. The van der Waals surface area contributed by atoms with Crippen LogP contribution in [-0.4, -0.2) is 46.1 Å². The van der Waals surface area contributed by atoms with Gasteiger partial charge in [0.15, 0.2) is 0 Å². The number of nitrogens with zero attached hydrogens (tertiary/aromatic N) is 1. The molecule has 136 valence electrons. The number of hydrogen-bond donors (Lipinski definition) is 3. The molecule has 1 fully saturated rings. The van der Waals surface area contributed by atoms with Gasteiger partial charge in [0.1, 0.15) is 6.04 Å². The number of nitrogens with one attached hydrogen (secondary N) is 1. The van der Waals surface area contributed by atoms with Crippen molar-refractivity contribution in [2.24, 2.45) is 11.8 Å². The van der Waals surface area contributed by atoms with Gasteiger partial charge in [-0.3, -0.25) is 19.6 Å². The van der Waals surface area contributed by atoms with Crippen molar-refractivity contribution in [2.75, 3.05) is 7.05 Å². The molecule has 0 heterocycles. The van der Waals surface area contributed by atoms with Crippen molar-refractivity contribution in [3.63, 3.8) is 0 Å². The van der Waals surface area contributed by atoms with Crippen LogP contribution in [0, 0.1) is 11.8 Å². The highest BCUT2D eigenvalue weighted by molar-refractivity contribution is 5.90. The molecule has 1 aromatic carbocycles. The first-order chi connectivity index (χ1) is 12.0. The summed E-state index contributed by atoms with van der Waals surface area (Å²) in [7, 11) is 1.48. The summed E-state index contributed by atoms with van der Waals surface area (Å²) in [6, 6.07) is 8.25. The van der Waals surface area contributed by atoms with Crippen molar-refractivity contribution in [3.05, 3.63) is 35.9 Å². The average molecular weight is 348 g/mol. The van der Waals surface area contributed by atoms with Gasteiger partial charge in [-0.25, -0.2) is 5.48 Å². The van der Waals surface area contributed by atoms with Crippen LogP contribution >= 0.6 is 0 Å². The van der Waals surface area contributed by atoms with Crippen LogP contribution in [0.1, 0.15) is 31.2 Å². The fourth-order valence-corrected chi connectivity index (χ4v) is 3.45. The van der Waals surface area contributed by atoms with Gasteiger partial charge in [-0.15, -0.1) is 0 Å². The minimum absolute atomic E-state index is 0.236. The van der Waals surface area contributed by atoms with Crippen LogP contribution in [0.4, 0.5) is 0 Å². The van der Waals surface area contributed by atoms with Crippen LogP contribution in [0.15, 0.2) is 30.3 Å². The number of benzene rings is 1. The first-order valence-corrected chi connectivity index (χ1v) is 8.43. The van der Waals surface area contributed by atoms with E-state index in [2.05, 4.69) is 0 Å². The summed E-state index contributed by atoms with van der Waals surface area (Å²) in [5.74, 6) is -3.39. The summed E-state index contributed by atoms with van der Waals surface area (Å²) in [6.45, 7) is 0. The van der Waals surface area contributed by atoms with E-state index in [4.69, 9.17) is 5.21 Å². The Bertz CT molecular complexity index is 619. The SMILES string of the molecule is CN(C(=O)C1CCCCC1C(=O)O)C(Cc1ccccc1)C(=O)NO. The van der Waals surface area contributed by atoms with Crippen LogP contribution in [0.3, 0.4) is 0 Å². The molecule has 0 aliphatic heterocycles. The van der Waals surface area contributed by atoms with E-state index in [0.29, 0.717) is 12.8 Å². The Morgan fingerprint density at radius 3 is 2.32 bits per heavy atom. The van der Waals surface area contributed by atoms with E-state index in [1.807, 2.05) is 30.3 Å². The van der Waals surface area contributed by atoms with E-state index in [1.54, 1.807) is 5.48 Å². The lowest BCUT2D eigenvalue weighted by Crippen LogP contribution is -2.51. The highest BCUT2D eigenvalue weighted by Crippen LogP contribution is 2.32.